The lowest BCUT2D eigenvalue weighted by molar-refractivity contribution is -0.140. The first kappa shape index (κ1) is 40.5. The highest BCUT2D eigenvalue weighted by Gasteiger charge is 2.35. The molecule has 5 atom stereocenters. The molecule has 2 aromatic carbocycles. The third-order valence-electron chi connectivity index (χ3n) is 10.0. The quantitative estimate of drug-likeness (QED) is 0.278. The molecule has 4 N–H and O–H groups in total. The molecule has 54 heavy (non-hydrogen) atoms. The molecule has 0 aromatic heterocycles. The lowest BCUT2D eigenvalue weighted by Gasteiger charge is -2.32. The molecular formula is C40H56N6O8. The van der Waals surface area contributed by atoms with Gasteiger partial charge in [0.1, 0.15) is 42.3 Å². The molecular weight excluding hydrogens is 692 g/mol. The van der Waals surface area contributed by atoms with Crippen molar-refractivity contribution >= 4 is 29.5 Å². The zero-order chi connectivity index (χ0) is 38.8. The number of hydrogen-bond acceptors (Lipinski definition) is 9. The Balaban J connectivity index is 1.46. The van der Waals surface area contributed by atoms with E-state index < -0.39 is 41.9 Å². The van der Waals surface area contributed by atoms with Crippen LogP contribution in [0.2, 0.25) is 0 Å². The molecule has 4 aliphatic rings. The lowest BCUT2D eigenvalue weighted by atomic mass is 10.0. The van der Waals surface area contributed by atoms with Crippen molar-refractivity contribution < 1.29 is 38.2 Å². The molecule has 2 fully saturated rings. The van der Waals surface area contributed by atoms with Crippen LogP contribution in [0, 0.1) is 11.8 Å². The number of nitrogens with one attached hydrogen (secondary N) is 4. The number of carbonyl (C=O) groups excluding carboxylic acids is 5. The summed E-state index contributed by atoms with van der Waals surface area (Å²) in [4.78, 5) is 72.6. The molecule has 3 heterocycles. The summed E-state index contributed by atoms with van der Waals surface area (Å²) in [6.45, 7) is 7.44. The largest absolute Gasteiger partial charge is 0.497 e. The van der Waals surface area contributed by atoms with E-state index in [1.165, 1.54) is 4.90 Å². The van der Waals surface area contributed by atoms with Crippen molar-refractivity contribution in [3.63, 3.8) is 0 Å². The van der Waals surface area contributed by atoms with Gasteiger partial charge in [-0.05, 0) is 80.5 Å². The van der Waals surface area contributed by atoms with Gasteiger partial charge in [-0.15, -0.1) is 0 Å². The van der Waals surface area contributed by atoms with E-state index in [-0.39, 0.29) is 56.4 Å². The van der Waals surface area contributed by atoms with Crippen LogP contribution in [0.3, 0.4) is 0 Å². The van der Waals surface area contributed by atoms with Crippen molar-refractivity contribution in [2.24, 2.45) is 11.8 Å². The van der Waals surface area contributed by atoms with Crippen molar-refractivity contribution in [1.82, 2.24) is 31.1 Å². The lowest BCUT2D eigenvalue weighted by Crippen LogP contribution is -2.60. The predicted molar refractivity (Wildman–Crippen MR) is 202 cm³/mol. The van der Waals surface area contributed by atoms with Crippen molar-refractivity contribution in [3.8, 4) is 11.5 Å². The molecule has 2 bridgehead atoms. The molecule has 14 heteroatoms. The second-order valence-corrected chi connectivity index (χ2v) is 15.2. The van der Waals surface area contributed by atoms with E-state index in [4.69, 9.17) is 14.2 Å². The summed E-state index contributed by atoms with van der Waals surface area (Å²) >= 11 is 0. The first-order chi connectivity index (χ1) is 25.9. The van der Waals surface area contributed by atoms with Gasteiger partial charge < -0.3 is 40.4 Å². The maximum Gasteiger partial charge on any atom is 0.245 e. The molecule has 1 saturated carbocycles. The standard InChI is InChI=1S/C40H56N6O8/c1-25(2)18-30-23-54-32-14-10-28(11-15-32)20-34(44-39(50)35-24-53-17-16-45(35)4)38(49)43-33(19-27-8-12-31(52-5)13-9-27)37(48)41-26(3)40(51)46(21-29-6-7-29)22-36(47)42-30/h8-15,25-26,29-30,33-35H,6-7,16-24H2,1-5H3,(H,41,48)(H,42,47)(H,43,49)(H,44,50)/t26-,30+,33+,34+,35-/m1/s1. The first-order valence-electron chi connectivity index (χ1n) is 19.0. The SMILES string of the molecule is COc1ccc(C[C@@H]2NC(=O)[C@@H](NC(=O)[C@H]3COCCN3C)Cc3ccc(cc3)OC[C@H](CC(C)C)NC(=O)CN(CC3CC3)C(=O)[C@@H](C)NC2=O)cc1. The van der Waals surface area contributed by atoms with Gasteiger partial charge in [-0.2, -0.15) is 0 Å². The average Bonchev–Trinajstić information content (AvgIpc) is 3.97. The Morgan fingerprint density at radius 3 is 2.33 bits per heavy atom. The second kappa shape index (κ2) is 19.1. The number of hydrogen-bond donors (Lipinski definition) is 4. The second-order valence-electron chi connectivity index (χ2n) is 15.2. The van der Waals surface area contributed by atoms with E-state index >= 15 is 0 Å². The first-order valence-corrected chi connectivity index (χ1v) is 19.0. The van der Waals surface area contributed by atoms with E-state index in [1.54, 1.807) is 50.4 Å². The number of rotatable bonds is 9. The van der Waals surface area contributed by atoms with E-state index in [9.17, 15) is 24.0 Å². The third-order valence-corrected chi connectivity index (χ3v) is 10.0. The highest BCUT2D eigenvalue weighted by atomic mass is 16.5. The Morgan fingerprint density at radius 1 is 0.963 bits per heavy atom. The fraction of sp³-hybridized carbons (Fsp3) is 0.575. The molecule has 294 valence electrons. The van der Waals surface area contributed by atoms with Gasteiger partial charge in [-0.1, -0.05) is 38.1 Å². The third kappa shape index (κ3) is 11.9. The Morgan fingerprint density at radius 2 is 1.69 bits per heavy atom. The number of amides is 5. The summed E-state index contributed by atoms with van der Waals surface area (Å²) in [5, 5.41) is 11.7. The maximum atomic E-state index is 14.2. The molecule has 3 aliphatic heterocycles. The number of likely N-dealkylation sites (N-methyl/N-ethyl adjacent to an activating group) is 1. The van der Waals surface area contributed by atoms with Gasteiger partial charge in [0.25, 0.3) is 0 Å². The highest BCUT2D eigenvalue weighted by molar-refractivity contribution is 5.95. The zero-order valence-corrected chi connectivity index (χ0v) is 32.1. The van der Waals surface area contributed by atoms with Crippen molar-refractivity contribution in [2.75, 3.05) is 53.6 Å². The molecule has 1 aliphatic carbocycles. The van der Waals surface area contributed by atoms with Gasteiger partial charge in [0.2, 0.25) is 29.5 Å². The van der Waals surface area contributed by atoms with Crippen LogP contribution in [0.15, 0.2) is 48.5 Å². The average molecular weight is 749 g/mol. The minimum Gasteiger partial charge on any atom is -0.497 e. The number of benzene rings is 2. The fourth-order valence-electron chi connectivity index (χ4n) is 6.75. The van der Waals surface area contributed by atoms with Crippen LogP contribution >= 0.6 is 0 Å². The molecule has 0 spiro atoms. The minimum atomic E-state index is -1.11. The molecule has 6 rings (SSSR count). The Kier molecular flexibility index (Phi) is 14.3. The number of carbonyl (C=O) groups is 5. The molecule has 14 nitrogen and oxygen atoms in total. The van der Waals surface area contributed by atoms with E-state index in [1.807, 2.05) is 24.1 Å². The van der Waals surface area contributed by atoms with Gasteiger partial charge in [0, 0.05) is 25.9 Å². The van der Waals surface area contributed by atoms with Gasteiger partial charge in [0.15, 0.2) is 0 Å². The predicted octanol–water partition coefficient (Wildman–Crippen LogP) is 1.45. The Bertz CT molecular complexity index is 1600. The summed E-state index contributed by atoms with van der Waals surface area (Å²) in [5.74, 6) is -0.414. The van der Waals surface area contributed by atoms with Crippen LogP contribution < -0.4 is 30.7 Å². The molecule has 0 radical (unpaired) electrons. The summed E-state index contributed by atoms with van der Waals surface area (Å²) < 4.78 is 17.0. The van der Waals surface area contributed by atoms with Crippen LogP contribution in [0.1, 0.15) is 51.2 Å². The normalized spacial score (nSPS) is 25.3. The highest BCUT2D eigenvalue weighted by Crippen LogP contribution is 2.30. The van der Waals surface area contributed by atoms with Crippen LogP contribution in [0.25, 0.3) is 0 Å². The van der Waals surface area contributed by atoms with E-state index in [2.05, 4.69) is 35.1 Å². The molecule has 5 amide bonds. The van der Waals surface area contributed by atoms with Crippen LogP contribution in [-0.4, -0.2) is 123 Å². The minimum absolute atomic E-state index is 0.0970. The number of fused-ring (bicyclic) bond motifs is 17. The molecule has 0 unspecified atom stereocenters. The van der Waals surface area contributed by atoms with Gasteiger partial charge in [-0.3, -0.25) is 28.9 Å². The summed E-state index contributed by atoms with van der Waals surface area (Å²) in [5.41, 5.74) is 1.49. The van der Waals surface area contributed by atoms with Gasteiger partial charge in [0.05, 0.1) is 32.9 Å². The van der Waals surface area contributed by atoms with Crippen LogP contribution in [-0.2, 0) is 41.6 Å². The Labute approximate surface area is 318 Å². The van der Waals surface area contributed by atoms with E-state index in [0.717, 1.165) is 24.0 Å². The number of ether oxygens (including phenoxy) is 3. The summed E-state index contributed by atoms with van der Waals surface area (Å²) in [6, 6.07) is 10.3. The van der Waals surface area contributed by atoms with Crippen molar-refractivity contribution in [2.45, 2.75) is 83.1 Å². The number of methoxy groups -OCH3 is 1. The summed E-state index contributed by atoms with van der Waals surface area (Å²) in [7, 11) is 3.39. The van der Waals surface area contributed by atoms with E-state index in [0.29, 0.717) is 43.5 Å². The van der Waals surface area contributed by atoms with Crippen molar-refractivity contribution in [3.05, 3.63) is 59.7 Å². The zero-order valence-electron chi connectivity index (χ0n) is 32.1. The maximum absolute atomic E-state index is 14.2. The van der Waals surface area contributed by atoms with Gasteiger partial charge in [-0.25, -0.2) is 0 Å². The van der Waals surface area contributed by atoms with Gasteiger partial charge >= 0.3 is 0 Å². The van der Waals surface area contributed by atoms with Crippen LogP contribution in [0.5, 0.6) is 11.5 Å². The number of morpholine rings is 1. The Hall–Kier alpha value is -4.69. The molecule has 2 aromatic rings. The topological polar surface area (TPSA) is 168 Å². The summed E-state index contributed by atoms with van der Waals surface area (Å²) in [6.07, 6.45) is 2.82. The monoisotopic (exact) mass is 748 g/mol. The number of nitrogens with zero attached hydrogens (tertiary/aromatic N) is 2. The molecule has 1 saturated heterocycles. The van der Waals surface area contributed by atoms with Crippen LogP contribution in [0.4, 0.5) is 0 Å². The fourth-order valence-corrected chi connectivity index (χ4v) is 6.75. The smallest absolute Gasteiger partial charge is 0.245 e. The van der Waals surface area contributed by atoms with Crippen molar-refractivity contribution in [1.29, 1.82) is 0 Å².